The number of benzene rings is 2. The van der Waals surface area contributed by atoms with Gasteiger partial charge in [0.25, 0.3) is 5.91 Å². The first-order valence-corrected chi connectivity index (χ1v) is 21.7. The topological polar surface area (TPSA) is 153 Å². The van der Waals surface area contributed by atoms with Crippen LogP contribution in [0.3, 0.4) is 0 Å². The molecule has 4 fully saturated rings. The van der Waals surface area contributed by atoms with Crippen LogP contribution in [0.15, 0.2) is 48.5 Å². The molecule has 0 bridgehead atoms. The molecule has 0 spiro atoms. The molecule has 3 aromatic rings. The zero-order valence-electron chi connectivity index (χ0n) is 33.5. The quantitative estimate of drug-likeness (QED) is 0.168. The van der Waals surface area contributed by atoms with Gasteiger partial charge >= 0.3 is 0 Å². The molecule has 3 amide bonds. The number of nitrogens with zero attached hydrogens (tertiary/aromatic N) is 5. The Balaban J connectivity index is 0.726. The van der Waals surface area contributed by atoms with Crippen LogP contribution in [0.5, 0.6) is 5.75 Å². The molecular weight excluding hydrogens is 780 g/mol. The molecule has 2 aromatic carbocycles. The number of hydrogen-bond acceptors (Lipinski definition) is 10. The minimum Gasteiger partial charge on any atom is -0.490 e. The van der Waals surface area contributed by atoms with Gasteiger partial charge < -0.3 is 19.4 Å². The molecular formula is C47H47ClN6O6. The van der Waals surface area contributed by atoms with Gasteiger partial charge in [0.05, 0.1) is 40.4 Å². The van der Waals surface area contributed by atoms with Crippen molar-refractivity contribution in [2.45, 2.75) is 95.4 Å². The number of nitrogens with one attached hydrogen (secondary N) is 1. The first-order chi connectivity index (χ1) is 29.1. The van der Waals surface area contributed by atoms with Crippen molar-refractivity contribution in [3.05, 3.63) is 87.2 Å². The minimum atomic E-state index is -0.869. The maximum Gasteiger partial charge on any atom is 0.256 e. The zero-order valence-corrected chi connectivity index (χ0v) is 34.2. The van der Waals surface area contributed by atoms with Crippen LogP contribution in [-0.4, -0.2) is 88.4 Å². The van der Waals surface area contributed by atoms with Crippen LogP contribution < -0.4 is 15.0 Å². The van der Waals surface area contributed by atoms with Crippen molar-refractivity contribution in [2.24, 2.45) is 17.8 Å². The smallest absolute Gasteiger partial charge is 0.256 e. The molecule has 1 N–H and O–H groups in total. The first-order valence-electron chi connectivity index (χ1n) is 21.4. The van der Waals surface area contributed by atoms with Crippen molar-refractivity contribution in [1.82, 2.24) is 20.1 Å². The maximum atomic E-state index is 13.4. The SMILES string of the molecule is N#Cc1ccc(OC2CCC(N3Cc4nc(C#CC5CCN(C6CCN(c7ccc8c(c7)C(=O)C(CC7CCC(=O)NC7=O)C8=O)CC6)CC5)ccc4C3=O)CC2)cc1Cl. The number of anilines is 1. The predicted molar refractivity (Wildman–Crippen MR) is 222 cm³/mol. The second-order valence-electron chi connectivity index (χ2n) is 17.1. The lowest BCUT2D eigenvalue weighted by atomic mass is 9.86. The van der Waals surface area contributed by atoms with Crippen molar-refractivity contribution in [2.75, 3.05) is 31.1 Å². The van der Waals surface area contributed by atoms with Crippen LogP contribution in [0.1, 0.15) is 119 Å². The van der Waals surface area contributed by atoms with E-state index in [9.17, 15) is 24.0 Å². The Morgan fingerprint density at radius 1 is 0.800 bits per heavy atom. The normalized spacial score (nSPS) is 25.0. The summed E-state index contributed by atoms with van der Waals surface area (Å²) in [6.45, 7) is 4.20. The van der Waals surface area contributed by atoms with E-state index in [1.807, 2.05) is 29.2 Å². The van der Waals surface area contributed by atoms with E-state index in [2.05, 4.69) is 33.0 Å². The molecule has 2 atom stereocenters. The van der Waals surface area contributed by atoms with Crippen molar-refractivity contribution >= 4 is 46.6 Å². The largest absolute Gasteiger partial charge is 0.490 e. The summed E-state index contributed by atoms with van der Waals surface area (Å²) in [7, 11) is 0. The van der Waals surface area contributed by atoms with Crippen molar-refractivity contribution in [3.8, 4) is 23.7 Å². The highest BCUT2D eigenvalue weighted by atomic mass is 35.5. The van der Waals surface area contributed by atoms with Gasteiger partial charge in [-0.2, -0.15) is 5.26 Å². The Morgan fingerprint density at radius 3 is 2.28 bits per heavy atom. The van der Waals surface area contributed by atoms with Crippen molar-refractivity contribution in [1.29, 1.82) is 5.26 Å². The number of aromatic nitrogens is 1. The Hall–Kier alpha value is -5.56. The second kappa shape index (κ2) is 16.8. The number of imide groups is 1. The summed E-state index contributed by atoms with van der Waals surface area (Å²) in [5.41, 5.74) is 4.42. The van der Waals surface area contributed by atoms with E-state index < -0.39 is 17.7 Å². The molecule has 308 valence electrons. The minimum absolute atomic E-state index is 0.0340. The highest BCUT2D eigenvalue weighted by molar-refractivity contribution is 6.31. The summed E-state index contributed by atoms with van der Waals surface area (Å²) < 4.78 is 6.16. The second-order valence-corrected chi connectivity index (χ2v) is 17.5. The van der Waals surface area contributed by atoms with Crippen LogP contribution >= 0.6 is 11.6 Å². The summed E-state index contributed by atoms with van der Waals surface area (Å²) in [6, 6.07) is 17.1. The van der Waals surface area contributed by atoms with Gasteiger partial charge in [-0.05, 0) is 126 Å². The van der Waals surface area contributed by atoms with E-state index in [4.69, 9.17) is 26.6 Å². The Bertz CT molecular complexity index is 2360. The fourth-order valence-electron chi connectivity index (χ4n) is 10.1. The molecule has 12 nitrogen and oxygen atoms in total. The number of piperidine rings is 3. The fraction of sp³-hybridized carbons (Fsp3) is 0.468. The van der Waals surface area contributed by atoms with Gasteiger partial charge in [-0.25, -0.2) is 4.98 Å². The number of ether oxygens (including phenoxy) is 1. The average molecular weight is 827 g/mol. The molecule has 9 rings (SSSR count). The molecule has 2 aliphatic carbocycles. The monoisotopic (exact) mass is 826 g/mol. The van der Waals surface area contributed by atoms with Crippen molar-refractivity contribution in [3.63, 3.8) is 0 Å². The lowest BCUT2D eigenvalue weighted by molar-refractivity contribution is -0.136. The molecule has 13 heteroatoms. The number of carbonyl (C=O) groups excluding carboxylic acids is 5. The number of carbonyl (C=O) groups is 5. The van der Waals surface area contributed by atoms with Crippen LogP contribution in [-0.2, 0) is 16.1 Å². The molecule has 0 radical (unpaired) electrons. The highest BCUT2D eigenvalue weighted by Crippen LogP contribution is 2.37. The molecule has 5 heterocycles. The van der Waals surface area contributed by atoms with E-state index in [-0.39, 0.29) is 54.3 Å². The van der Waals surface area contributed by atoms with Gasteiger partial charge in [-0.15, -0.1) is 0 Å². The third kappa shape index (κ3) is 8.03. The number of amides is 3. The van der Waals surface area contributed by atoms with Gasteiger partial charge in [-0.3, -0.25) is 29.3 Å². The number of hydrogen-bond donors (Lipinski definition) is 1. The van der Waals surface area contributed by atoms with E-state index >= 15 is 0 Å². The standard InChI is InChI=1S/C47H47ClN6O6/c48-41-25-36(9-2-30(41)26-49)60-35-10-6-33(7-11-35)54-27-42-38(47(54)59)12-5-31(50-42)4-1-28-15-19-52(20-16-28)32-17-21-53(22-18-32)34-8-13-37-39(24-34)45(57)40(44(37)56)23-29-3-14-43(55)51-46(29)58/h2,5,8-9,12-13,24-25,28-29,32-33,35,40H,3,6-7,10-11,14-23,27H2,(H,51,55,58). The van der Waals surface area contributed by atoms with Gasteiger partial charge in [0, 0.05) is 66.3 Å². The number of halogens is 1. The lowest BCUT2D eigenvalue weighted by Crippen LogP contribution is -2.47. The van der Waals surface area contributed by atoms with Crippen LogP contribution in [0.25, 0.3) is 0 Å². The molecule has 4 aliphatic heterocycles. The maximum absolute atomic E-state index is 13.4. The first kappa shape index (κ1) is 39.9. The summed E-state index contributed by atoms with van der Waals surface area (Å²) in [4.78, 5) is 75.6. The summed E-state index contributed by atoms with van der Waals surface area (Å²) in [5.74, 6) is 5.27. The lowest BCUT2D eigenvalue weighted by Gasteiger charge is -2.42. The Morgan fingerprint density at radius 2 is 1.55 bits per heavy atom. The number of fused-ring (bicyclic) bond motifs is 2. The highest BCUT2D eigenvalue weighted by Gasteiger charge is 2.42. The third-order valence-electron chi connectivity index (χ3n) is 13.6. The summed E-state index contributed by atoms with van der Waals surface area (Å²) in [6.07, 6.45) is 8.11. The predicted octanol–water partition coefficient (Wildman–Crippen LogP) is 6.12. The summed E-state index contributed by atoms with van der Waals surface area (Å²) >= 11 is 6.19. The number of pyridine rings is 1. The molecule has 6 aliphatic rings. The fourth-order valence-corrected chi connectivity index (χ4v) is 10.3. The van der Waals surface area contributed by atoms with Crippen molar-refractivity contribution < 1.29 is 28.7 Å². The number of ketones is 2. The van der Waals surface area contributed by atoms with E-state index in [0.717, 1.165) is 88.9 Å². The Kier molecular flexibility index (Phi) is 11.2. The molecule has 1 aromatic heterocycles. The summed E-state index contributed by atoms with van der Waals surface area (Å²) in [5, 5.41) is 11.9. The number of rotatable bonds is 7. The van der Waals surface area contributed by atoms with Crippen LogP contribution in [0.2, 0.25) is 5.02 Å². The zero-order chi connectivity index (χ0) is 41.5. The number of likely N-dealkylation sites (tertiary alicyclic amines) is 1. The van der Waals surface area contributed by atoms with E-state index in [1.54, 1.807) is 24.3 Å². The average Bonchev–Trinajstić information content (AvgIpc) is 3.72. The molecule has 60 heavy (non-hydrogen) atoms. The third-order valence-corrected chi connectivity index (χ3v) is 13.9. The van der Waals surface area contributed by atoms with E-state index in [0.29, 0.717) is 57.7 Å². The van der Waals surface area contributed by atoms with Gasteiger partial charge in [0.1, 0.15) is 17.5 Å². The molecule has 1 saturated carbocycles. The van der Waals surface area contributed by atoms with Gasteiger partial charge in [0.15, 0.2) is 11.6 Å². The van der Waals surface area contributed by atoms with Crippen LogP contribution in [0, 0.1) is 40.9 Å². The molecule has 2 unspecified atom stereocenters. The van der Waals surface area contributed by atoms with Gasteiger partial charge in [0.2, 0.25) is 11.8 Å². The molecule has 3 saturated heterocycles. The number of Topliss-reactive ketones (excluding diaryl/α,β-unsaturated/α-hetero) is 2. The van der Waals surface area contributed by atoms with Crippen LogP contribution in [0.4, 0.5) is 5.69 Å². The van der Waals surface area contributed by atoms with E-state index in [1.165, 1.54) is 0 Å². The number of nitriles is 1. The van der Waals surface area contributed by atoms with Gasteiger partial charge in [-0.1, -0.05) is 17.5 Å². The Labute approximate surface area is 354 Å².